The molecule has 9 nitrogen and oxygen atoms in total. The number of nitrogens with one attached hydrogen (secondary N) is 3. The predicted octanol–water partition coefficient (Wildman–Crippen LogP) is 3.31. The van der Waals surface area contributed by atoms with E-state index in [1.54, 1.807) is 18.2 Å². The van der Waals surface area contributed by atoms with E-state index in [1.165, 1.54) is 62.7 Å². The van der Waals surface area contributed by atoms with Gasteiger partial charge in [-0.1, -0.05) is 17.7 Å². The van der Waals surface area contributed by atoms with Crippen molar-refractivity contribution in [3.05, 3.63) is 77.3 Å². The molecule has 3 aromatic rings. The lowest BCUT2D eigenvalue weighted by Crippen LogP contribution is -2.20. The van der Waals surface area contributed by atoms with Crippen molar-refractivity contribution in [3.63, 3.8) is 0 Å². The van der Waals surface area contributed by atoms with Crippen LogP contribution in [0.25, 0.3) is 0 Å². The lowest BCUT2D eigenvalue weighted by atomic mass is 10.2. The fourth-order valence-electron chi connectivity index (χ4n) is 2.85. The molecule has 0 fully saturated rings. The number of anilines is 2. The minimum atomic E-state index is -4.07. The SMILES string of the molecule is CNC(=O)c1cc(S(=O)(=O)Nc2ccc(S(=O)(=O)Nc3cccc(Cl)c3)cc2)ccc1OC. The van der Waals surface area contributed by atoms with Gasteiger partial charge in [-0.05, 0) is 60.7 Å². The topological polar surface area (TPSA) is 131 Å². The molecule has 33 heavy (non-hydrogen) atoms. The molecular weight excluding hydrogens is 490 g/mol. The molecule has 0 aliphatic rings. The molecule has 3 rings (SSSR count). The second-order valence-electron chi connectivity index (χ2n) is 6.69. The van der Waals surface area contributed by atoms with Gasteiger partial charge in [0.25, 0.3) is 26.0 Å². The molecule has 1 amide bonds. The van der Waals surface area contributed by atoms with Gasteiger partial charge in [-0.2, -0.15) is 0 Å². The summed E-state index contributed by atoms with van der Waals surface area (Å²) >= 11 is 5.88. The molecule has 0 saturated carbocycles. The second kappa shape index (κ2) is 9.69. The molecule has 0 unspecified atom stereocenters. The largest absolute Gasteiger partial charge is 0.496 e. The highest BCUT2D eigenvalue weighted by atomic mass is 35.5. The maximum atomic E-state index is 12.8. The van der Waals surface area contributed by atoms with E-state index in [0.29, 0.717) is 10.7 Å². The summed E-state index contributed by atoms with van der Waals surface area (Å²) in [6.45, 7) is 0. The number of ether oxygens (including phenoxy) is 1. The van der Waals surface area contributed by atoms with Gasteiger partial charge >= 0.3 is 0 Å². The van der Waals surface area contributed by atoms with Crippen LogP contribution in [0.4, 0.5) is 11.4 Å². The Labute approximate surface area is 196 Å². The predicted molar refractivity (Wildman–Crippen MR) is 126 cm³/mol. The standard InChI is InChI=1S/C21H20ClN3O6S2/c1-23-21(26)19-13-18(10-11-20(19)31-2)33(29,30)24-15-6-8-17(9-7-15)32(27,28)25-16-5-3-4-14(22)12-16/h3-13,24-25H,1-2H3,(H,23,26). The highest BCUT2D eigenvalue weighted by Crippen LogP contribution is 2.25. The molecule has 0 heterocycles. The first-order chi connectivity index (χ1) is 15.6. The quantitative estimate of drug-likeness (QED) is 0.427. The average Bonchev–Trinajstić information content (AvgIpc) is 2.78. The number of methoxy groups -OCH3 is 1. The van der Waals surface area contributed by atoms with Gasteiger partial charge in [-0.3, -0.25) is 14.2 Å². The highest BCUT2D eigenvalue weighted by Gasteiger charge is 2.20. The van der Waals surface area contributed by atoms with E-state index in [4.69, 9.17) is 16.3 Å². The van der Waals surface area contributed by atoms with Crippen molar-refractivity contribution in [1.29, 1.82) is 0 Å². The number of rotatable bonds is 8. The number of halogens is 1. The van der Waals surface area contributed by atoms with E-state index in [0.717, 1.165) is 0 Å². The van der Waals surface area contributed by atoms with E-state index < -0.39 is 26.0 Å². The van der Waals surface area contributed by atoms with Crippen LogP contribution in [0.2, 0.25) is 5.02 Å². The Morgan fingerprint density at radius 3 is 2.03 bits per heavy atom. The maximum absolute atomic E-state index is 12.8. The monoisotopic (exact) mass is 509 g/mol. The van der Waals surface area contributed by atoms with E-state index in [2.05, 4.69) is 14.8 Å². The highest BCUT2D eigenvalue weighted by molar-refractivity contribution is 7.93. The summed E-state index contributed by atoms with van der Waals surface area (Å²) in [4.78, 5) is 11.8. The van der Waals surface area contributed by atoms with Crippen LogP contribution in [-0.4, -0.2) is 36.9 Å². The van der Waals surface area contributed by atoms with Crippen molar-refractivity contribution >= 4 is 48.9 Å². The molecule has 12 heteroatoms. The molecule has 3 aromatic carbocycles. The smallest absolute Gasteiger partial charge is 0.261 e. The molecule has 0 spiro atoms. The third-order valence-electron chi connectivity index (χ3n) is 4.45. The molecule has 3 N–H and O–H groups in total. The molecule has 0 aliphatic heterocycles. The van der Waals surface area contributed by atoms with Crippen LogP contribution >= 0.6 is 11.6 Å². The lowest BCUT2D eigenvalue weighted by Gasteiger charge is -2.12. The third-order valence-corrected chi connectivity index (χ3v) is 7.46. The minimum absolute atomic E-state index is 0.0522. The van der Waals surface area contributed by atoms with Gasteiger partial charge in [-0.25, -0.2) is 16.8 Å². The number of hydrogen-bond donors (Lipinski definition) is 3. The number of amides is 1. The number of carbonyl (C=O) groups is 1. The Morgan fingerprint density at radius 2 is 1.42 bits per heavy atom. The van der Waals surface area contributed by atoms with Crippen LogP contribution in [0.15, 0.2) is 76.5 Å². The van der Waals surface area contributed by atoms with Crippen LogP contribution < -0.4 is 19.5 Å². The number of hydrogen-bond acceptors (Lipinski definition) is 6. The summed E-state index contributed by atoms with van der Waals surface area (Å²) in [7, 11) is -5.20. The van der Waals surface area contributed by atoms with Gasteiger partial charge in [0, 0.05) is 17.8 Å². The third kappa shape index (κ3) is 5.75. The molecule has 174 valence electrons. The van der Waals surface area contributed by atoms with Crippen molar-refractivity contribution < 1.29 is 26.4 Å². The van der Waals surface area contributed by atoms with Crippen molar-refractivity contribution in [3.8, 4) is 5.75 Å². The van der Waals surface area contributed by atoms with Crippen molar-refractivity contribution in [2.45, 2.75) is 9.79 Å². The molecule has 0 aliphatic carbocycles. The first-order valence-corrected chi connectivity index (χ1v) is 12.7. The fourth-order valence-corrected chi connectivity index (χ4v) is 5.17. The Kier molecular flexibility index (Phi) is 7.15. The van der Waals surface area contributed by atoms with Gasteiger partial charge in [0.1, 0.15) is 5.75 Å². The summed E-state index contributed by atoms with van der Waals surface area (Å²) in [6, 6.07) is 15.2. The fraction of sp³-hybridized carbons (Fsp3) is 0.0952. The number of benzene rings is 3. The molecule has 0 aromatic heterocycles. The second-order valence-corrected chi connectivity index (χ2v) is 10.5. The Hall–Kier alpha value is -3.28. The summed E-state index contributed by atoms with van der Waals surface area (Å²) in [6.07, 6.45) is 0. The summed E-state index contributed by atoms with van der Waals surface area (Å²) < 4.78 is 60.6. The van der Waals surface area contributed by atoms with E-state index in [-0.39, 0.29) is 26.8 Å². The van der Waals surface area contributed by atoms with Crippen LogP contribution in [-0.2, 0) is 20.0 Å². The summed E-state index contributed by atoms with van der Waals surface area (Å²) in [5.74, 6) is -0.291. The zero-order chi connectivity index (χ0) is 24.2. The van der Waals surface area contributed by atoms with Crippen LogP contribution in [0.3, 0.4) is 0 Å². The lowest BCUT2D eigenvalue weighted by molar-refractivity contribution is 0.0960. The molecule has 0 bridgehead atoms. The van der Waals surface area contributed by atoms with Gasteiger partial charge < -0.3 is 10.1 Å². The zero-order valence-corrected chi connectivity index (χ0v) is 19.9. The van der Waals surface area contributed by atoms with Crippen molar-refractivity contribution in [1.82, 2.24) is 5.32 Å². The molecular formula is C21H20ClN3O6S2. The van der Waals surface area contributed by atoms with E-state index in [9.17, 15) is 21.6 Å². The van der Waals surface area contributed by atoms with Crippen molar-refractivity contribution in [2.24, 2.45) is 0 Å². The number of carbonyl (C=O) groups excluding carboxylic acids is 1. The minimum Gasteiger partial charge on any atom is -0.496 e. The van der Waals surface area contributed by atoms with Gasteiger partial charge in [0.15, 0.2) is 0 Å². The van der Waals surface area contributed by atoms with E-state index >= 15 is 0 Å². The first-order valence-electron chi connectivity index (χ1n) is 9.37. The molecule has 0 saturated heterocycles. The van der Waals surface area contributed by atoms with Gasteiger partial charge in [-0.15, -0.1) is 0 Å². The number of sulfonamides is 2. The molecule has 0 atom stereocenters. The summed E-state index contributed by atoms with van der Waals surface area (Å²) in [5.41, 5.74) is 0.476. The average molecular weight is 510 g/mol. The Morgan fingerprint density at radius 1 is 0.818 bits per heavy atom. The normalized spacial score (nSPS) is 11.5. The van der Waals surface area contributed by atoms with Crippen molar-refractivity contribution in [2.75, 3.05) is 23.6 Å². The van der Waals surface area contributed by atoms with Crippen LogP contribution in [0.1, 0.15) is 10.4 Å². The maximum Gasteiger partial charge on any atom is 0.261 e. The van der Waals surface area contributed by atoms with Gasteiger partial charge in [0.05, 0.1) is 28.2 Å². The summed E-state index contributed by atoms with van der Waals surface area (Å²) in [5, 5.41) is 2.79. The zero-order valence-electron chi connectivity index (χ0n) is 17.5. The van der Waals surface area contributed by atoms with E-state index in [1.807, 2.05) is 0 Å². The first kappa shape index (κ1) is 24.4. The van der Waals surface area contributed by atoms with Crippen LogP contribution in [0.5, 0.6) is 5.75 Å². The Bertz CT molecular complexity index is 1390. The van der Waals surface area contributed by atoms with Crippen LogP contribution in [0, 0.1) is 0 Å². The Balaban J connectivity index is 1.82. The molecule has 0 radical (unpaired) electrons. The van der Waals surface area contributed by atoms with Gasteiger partial charge in [0.2, 0.25) is 0 Å².